The number of halogens is 1. The summed E-state index contributed by atoms with van der Waals surface area (Å²) in [5.74, 6) is 1.31. The van der Waals surface area contributed by atoms with Crippen molar-refractivity contribution in [1.82, 2.24) is 14.7 Å². The van der Waals surface area contributed by atoms with Gasteiger partial charge in [0.1, 0.15) is 6.61 Å². The first-order valence-corrected chi connectivity index (χ1v) is 8.17. The van der Waals surface area contributed by atoms with E-state index >= 15 is 0 Å². The molecule has 0 saturated carbocycles. The highest BCUT2D eigenvalue weighted by atomic mass is 35.5. The zero-order valence-corrected chi connectivity index (χ0v) is 13.7. The topological polar surface area (TPSA) is 30.3 Å². The largest absolute Gasteiger partial charge is 0.484 e. The van der Waals surface area contributed by atoms with E-state index < -0.39 is 0 Å². The molecule has 0 spiro atoms. The van der Waals surface area contributed by atoms with Crippen molar-refractivity contribution in [2.45, 2.75) is 26.0 Å². The van der Waals surface area contributed by atoms with E-state index in [9.17, 15) is 0 Å². The maximum atomic E-state index is 6.40. The molecule has 4 nitrogen and oxygen atoms in total. The molecule has 118 valence electrons. The van der Waals surface area contributed by atoms with Crippen molar-refractivity contribution in [3.63, 3.8) is 0 Å². The van der Waals surface area contributed by atoms with E-state index in [2.05, 4.69) is 17.0 Å². The van der Waals surface area contributed by atoms with Gasteiger partial charge in [0, 0.05) is 6.54 Å². The number of hydrogen-bond donors (Lipinski definition) is 0. The molecular formula is C17H22ClN3O. The lowest BCUT2D eigenvalue weighted by Gasteiger charge is -2.28. The van der Waals surface area contributed by atoms with Crippen molar-refractivity contribution in [3.8, 4) is 5.75 Å². The predicted molar refractivity (Wildman–Crippen MR) is 88.2 cm³/mol. The highest BCUT2D eigenvalue weighted by Gasteiger charge is 2.19. The Balaban J connectivity index is 1.57. The fourth-order valence-corrected chi connectivity index (χ4v) is 3.02. The third-order valence-electron chi connectivity index (χ3n) is 4.25. The number of benzene rings is 1. The van der Waals surface area contributed by atoms with Gasteiger partial charge >= 0.3 is 0 Å². The van der Waals surface area contributed by atoms with Gasteiger partial charge in [0.15, 0.2) is 10.9 Å². The molecule has 0 N–H and O–H groups in total. The molecule has 0 unspecified atom stereocenters. The van der Waals surface area contributed by atoms with Gasteiger partial charge in [0.2, 0.25) is 0 Å². The molecule has 1 aliphatic heterocycles. The summed E-state index contributed by atoms with van der Waals surface area (Å²) in [6.07, 6.45) is 4.13. The number of ether oxygens (including phenoxy) is 1. The zero-order chi connectivity index (χ0) is 15.4. The lowest BCUT2D eigenvalue weighted by atomic mass is 9.97. The minimum absolute atomic E-state index is 0.514. The van der Waals surface area contributed by atoms with E-state index in [1.807, 2.05) is 35.0 Å². The molecule has 1 aromatic heterocycles. The molecular weight excluding hydrogens is 298 g/mol. The van der Waals surface area contributed by atoms with Crippen molar-refractivity contribution in [3.05, 3.63) is 47.2 Å². The van der Waals surface area contributed by atoms with Crippen LogP contribution in [-0.2, 0) is 13.2 Å². The first-order chi connectivity index (χ1) is 10.7. The summed E-state index contributed by atoms with van der Waals surface area (Å²) < 4.78 is 7.66. The summed E-state index contributed by atoms with van der Waals surface area (Å²) >= 11 is 6.40. The Morgan fingerprint density at radius 2 is 1.95 bits per heavy atom. The van der Waals surface area contributed by atoms with E-state index in [0.717, 1.165) is 25.2 Å². The average molecular weight is 320 g/mol. The van der Waals surface area contributed by atoms with Crippen molar-refractivity contribution in [2.75, 3.05) is 20.1 Å². The number of likely N-dealkylation sites (tertiary alicyclic amines) is 1. The smallest absolute Gasteiger partial charge is 0.176 e. The molecule has 2 aromatic rings. The molecule has 0 atom stereocenters. The van der Waals surface area contributed by atoms with Gasteiger partial charge < -0.3 is 9.64 Å². The molecule has 1 saturated heterocycles. The van der Waals surface area contributed by atoms with Gasteiger partial charge in [0.25, 0.3) is 0 Å². The molecule has 1 fully saturated rings. The van der Waals surface area contributed by atoms with Crippen LogP contribution in [0.1, 0.15) is 18.4 Å². The summed E-state index contributed by atoms with van der Waals surface area (Å²) in [5, 5.41) is 4.99. The maximum absolute atomic E-state index is 6.40. The molecule has 22 heavy (non-hydrogen) atoms. The second-order valence-corrected chi connectivity index (χ2v) is 6.36. The van der Waals surface area contributed by atoms with Crippen LogP contribution in [0.2, 0.25) is 5.15 Å². The van der Waals surface area contributed by atoms with E-state index in [4.69, 9.17) is 16.3 Å². The summed E-state index contributed by atoms with van der Waals surface area (Å²) in [5.41, 5.74) is 1.13. The van der Waals surface area contributed by atoms with Crippen LogP contribution in [-0.4, -0.2) is 34.8 Å². The molecule has 0 amide bonds. The predicted octanol–water partition coefficient (Wildman–Crippen LogP) is 3.46. The molecule has 2 heterocycles. The van der Waals surface area contributed by atoms with Crippen LogP contribution in [0.3, 0.4) is 0 Å². The van der Waals surface area contributed by atoms with Crippen LogP contribution in [0.15, 0.2) is 36.5 Å². The Morgan fingerprint density at radius 3 is 2.68 bits per heavy atom. The fourth-order valence-electron chi connectivity index (χ4n) is 2.80. The number of rotatable bonds is 5. The first-order valence-electron chi connectivity index (χ1n) is 7.79. The highest BCUT2D eigenvalue weighted by molar-refractivity contribution is 6.31. The summed E-state index contributed by atoms with van der Waals surface area (Å²) in [4.78, 5) is 2.37. The number of nitrogens with zero attached hydrogens (tertiary/aromatic N) is 3. The first kappa shape index (κ1) is 15.4. The summed E-state index contributed by atoms with van der Waals surface area (Å²) in [7, 11) is 2.17. The lowest BCUT2D eigenvalue weighted by molar-refractivity contribution is 0.201. The Bertz CT molecular complexity index is 591. The molecule has 0 aliphatic carbocycles. The molecule has 1 aliphatic rings. The summed E-state index contributed by atoms with van der Waals surface area (Å²) in [6, 6.07) is 10.1. The monoisotopic (exact) mass is 319 g/mol. The average Bonchev–Trinajstić information content (AvgIpc) is 2.89. The van der Waals surface area contributed by atoms with E-state index in [-0.39, 0.29) is 0 Å². The molecule has 1 aromatic carbocycles. The molecule has 3 rings (SSSR count). The van der Waals surface area contributed by atoms with E-state index in [1.165, 1.54) is 12.8 Å². The van der Waals surface area contributed by atoms with Gasteiger partial charge in [0.05, 0.1) is 6.20 Å². The Kier molecular flexibility index (Phi) is 5.01. The van der Waals surface area contributed by atoms with Gasteiger partial charge in [-0.2, -0.15) is 5.10 Å². The molecule has 5 heteroatoms. The highest BCUT2D eigenvalue weighted by Crippen LogP contribution is 2.27. The normalized spacial score (nSPS) is 16.8. The second-order valence-electron chi connectivity index (χ2n) is 6.00. The number of hydrogen-bond acceptors (Lipinski definition) is 3. The van der Waals surface area contributed by atoms with Crippen LogP contribution >= 0.6 is 11.6 Å². The lowest BCUT2D eigenvalue weighted by Crippen LogP contribution is -2.32. The van der Waals surface area contributed by atoms with Crippen molar-refractivity contribution in [2.24, 2.45) is 5.92 Å². The number of aromatic nitrogens is 2. The number of piperidine rings is 1. The van der Waals surface area contributed by atoms with Gasteiger partial charge in [-0.1, -0.05) is 41.9 Å². The van der Waals surface area contributed by atoms with Crippen LogP contribution < -0.4 is 4.74 Å². The van der Waals surface area contributed by atoms with Crippen LogP contribution in [0.4, 0.5) is 0 Å². The second kappa shape index (κ2) is 7.16. The van der Waals surface area contributed by atoms with E-state index in [1.54, 1.807) is 6.20 Å². The SMILES string of the molecule is CN1CCC(Cn2ncc(OCc3ccccc3)c2Cl)CC1. The third kappa shape index (κ3) is 3.81. The zero-order valence-electron chi connectivity index (χ0n) is 12.9. The minimum Gasteiger partial charge on any atom is -0.484 e. The maximum Gasteiger partial charge on any atom is 0.176 e. The molecule has 0 bridgehead atoms. The van der Waals surface area contributed by atoms with Crippen molar-refractivity contribution in [1.29, 1.82) is 0 Å². The van der Waals surface area contributed by atoms with Crippen LogP contribution in [0.5, 0.6) is 5.75 Å². The van der Waals surface area contributed by atoms with Gasteiger partial charge in [-0.25, -0.2) is 0 Å². The van der Waals surface area contributed by atoms with Gasteiger partial charge in [-0.3, -0.25) is 4.68 Å². The molecule has 0 radical (unpaired) electrons. The summed E-state index contributed by atoms with van der Waals surface area (Å²) in [6.45, 7) is 3.70. The Hall–Kier alpha value is -1.52. The Labute approximate surface area is 136 Å². The minimum atomic E-state index is 0.514. The van der Waals surface area contributed by atoms with Gasteiger partial charge in [-0.15, -0.1) is 0 Å². The van der Waals surface area contributed by atoms with Crippen molar-refractivity contribution < 1.29 is 4.74 Å². The van der Waals surface area contributed by atoms with Crippen LogP contribution in [0, 0.1) is 5.92 Å². The fraction of sp³-hybridized carbons (Fsp3) is 0.471. The third-order valence-corrected chi connectivity index (χ3v) is 4.63. The standard InChI is InChI=1S/C17H22ClN3O/c1-20-9-7-14(8-10-20)12-21-17(18)16(11-19-21)22-13-15-5-3-2-4-6-15/h2-6,11,14H,7-10,12-13H2,1H3. The van der Waals surface area contributed by atoms with E-state index in [0.29, 0.717) is 23.4 Å². The quantitative estimate of drug-likeness (QED) is 0.845. The Morgan fingerprint density at radius 1 is 1.23 bits per heavy atom. The van der Waals surface area contributed by atoms with Gasteiger partial charge in [-0.05, 0) is 44.5 Å². The van der Waals surface area contributed by atoms with Crippen molar-refractivity contribution >= 4 is 11.6 Å². The van der Waals surface area contributed by atoms with Crippen LogP contribution in [0.25, 0.3) is 0 Å².